The summed E-state index contributed by atoms with van der Waals surface area (Å²) in [6.07, 6.45) is -0.265. The molecule has 7 heteroatoms. The zero-order valence-electron chi connectivity index (χ0n) is 11.0. The van der Waals surface area contributed by atoms with Gasteiger partial charge in [-0.05, 0) is 19.2 Å². The largest absolute Gasteiger partial charge is 0.507 e. The van der Waals surface area contributed by atoms with E-state index in [0.29, 0.717) is 19.0 Å². The second-order valence-electron chi connectivity index (χ2n) is 4.75. The molecule has 0 spiro atoms. The van der Waals surface area contributed by atoms with Gasteiger partial charge in [0, 0.05) is 13.1 Å². The van der Waals surface area contributed by atoms with Gasteiger partial charge in [0.15, 0.2) is 0 Å². The maximum Gasteiger partial charge on any atom is 0.265 e. The van der Waals surface area contributed by atoms with Crippen molar-refractivity contribution in [3.63, 3.8) is 0 Å². The summed E-state index contributed by atoms with van der Waals surface area (Å²) in [6, 6.07) is 4.43. The molecule has 1 atom stereocenters. The SMILES string of the molecule is CN1CCOC(c2noc(-c3c(O)cccc3O)n2)C1. The summed E-state index contributed by atoms with van der Waals surface area (Å²) in [5, 5.41) is 23.4. The minimum Gasteiger partial charge on any atom is -0.507 e. The van der Waals surface area contributed by atoms with E-state index >= 15 is 0 Å². The van der Waals surface area contributed by atoms with Gasteiger partial charge in [0.1, 0.15) is 23.2 Å². The van der Waals surface area contributed by atoms with Crippen molar-refractivity contribution in [2.24, 2.45) is 0 Å². The lowest BCUT2D eigenvalue weighted by molar-refractivity contribution is -0.0264. The average Bonchev–Trinajstić information content (AvgIpc) is 2.88. The van der Waals surface area contributed by atoms with Crippen LogP contribution in [0.5, 0.6) is 11.5 Å². The number of nitrogens with zero attached hydrogens (tertiary/aromatic N) is 3. The number of aromatic hydroxyl groups is 2. The molecule has 1 aliphatic rings. The molecule has 20 heavy (non-hydrogen) atoms. The summed E-state index contributed by atoms with van der Waals surface area (Å²) < 4.78 is 10.7. The molecule has 1 unspecified atom stereocenters. The fraction of sp³-hybridized carbons (Fsp3) is 0.385. The molecule has 0 aliphatic carbocycles. The Bertz CT molecular complexity index is 593. The van der Waals surface area contributed by atoms with Crippen LogP contribution in [0, 0.1) is 0 Å². The average molecular weight is 277 g/mol. The van der Waals surface area contributed by atoms with E-state index in [2.05, 4.69) is 15.0 Å². The normalized spacial score (nSPS) is 20.1. The predicted molar refractivity (Wildman–Crippen MR) is 69.3 cm³/mol. The van der Waals surface area contributed by atoms with E-state index in [-0.39, 0.29) is 29.1 Å². The third-order valence-corrected chi connectivity index (χ3v) is 3.23. The third kappa shape index (κ3) is 2.33. The van der Waals surface area contributed by atoms with E-state index in [9.17, 15) is 10.2 Å². The van der Waals surface area contributed by atoms with Crippen LogP contribution in [0.25, 0.3) is 11.5 Å². The Labute approximate surface area is 115 Å². The van der Waals surface area contributed by atoms with Gasteiger partial charge in [-0.15, -0.1) is 0 Å². The number of likely N-dealkylation sites (N-methyl/N-ethyl adjacent to an activating group) is 1. The molecule has 2 N–H and O–H groups in total. The highest BCUT2D eigenvalue weighted by atomic mass is 16.5. The zero-order valence-corrected chi connectivity index (χ0v) is 11.0. The van der Waals surface area contributed by atoms with Crippen LogP contribution >= 0.6 is 0 Å². The van der Waals surface area contributed by atoms with E-state index in [1.54, 1.807) is 0 Å². The quantitative estimate of drug-likeness (QED) is 0.850. The van der Waals surface area contributed by atoms with Crippen molar-refractivity contribution in [2.75, 3.05) is 26.7 Å². The first-order chi connectivity index (χ1) is 9.65. The summed E-state index contributed by atoms with van der Waals surface area (Å²) >= 11 is 0. The van der Waals surface area contributed by atoms with Gasteiger partial charge in [-0.3, -0.25) is 0 Å². The van der Waals surface area contributed by atoms with Crippen molar-refractivity contribution in [1.82, 2.24) is 15.0 Å². The Hall–Kier alpha value is -2.12. The molecule has 2 aromatic rings. The highest BCUT2D eigenvalue weighted by molar-refractivity contribution is 5.69. The molecule has 0 saturated carbocycles. The Morgan fingerprint density at radius 3 is 2.75 bits per heavy atom. The monoisotopic (exact) mass is 277 g/mol. The van der Waals surface area contributed by atoms with Crippen LogP contribution in [0.4, 0.5) is 0 Å². The van der Waals surface area contributed by atoms with Gasteiger partial charge in [-0.1, -0.05) is 11.2 Å². The number of aromatic nitrogens is 2. The molecular weight excluding hydrogens is 262 g/mol. The molecule has 1 saturated heterocycles. The van der Waals surface area contributed by atoms with Gasteiger partial charge < -0.3 is 24.4 Å². The topological polar surface area (TPSA) is 91.9 Å². The molecule has 1 aliphatic heterocycles. The van der Waals surface area contributed by atoms with Crippen molar-refractivity contribution in [1.29, 1.82) is 0 Å². The van der Waals surface area contributed by atoms with Gasteiger partial charge >= 0.3 is 0 Å². The number of hydrogen-bond acceptors (Lipinski definition) is 7. The van der Waals surface area contributed by atoms with Gasteiger partial charge in [0.25, 0.3) is 5.89 Å². The minimum absolute atomic E-state index is 0.0763. The lowest BCUT2D eigenvalue weighted by Crippen LogP contribution is -2.35. The van der Waals surface area contributed by atoms with Crippen molar-refractivity contribution in [3.05, 3.63) is 24.0 Å². The molecular formula is C13H15N3O4. The number of phenols is 2. The molecule has 0 bridgehead atoms. The van der Waals surface area contributed by atoms with E-state index in [4.69, 9.17) is 9.26 Å². The second-order valence-corrected chi connectivity index (χ2v) is 4.75. The van der Waals surface area contributed by atoms with Crippen LogP contribution in [-0.4, -0.2) is 52.0 Å². The van der Waals surface area contributed by atoms with Gasteiger partial charge in [-0.2, -0.15) is 4.98 Å². The Morgan fingerprint density at radius 2 is 2.05 bits per heavy atom. The molecule has 1 aromatic heterocycles. The Kier molecular flexibility index (Phi) is 3.29. The van der Waals surface area contributed by atoms with Gasteiger partial charge in [0.05, 0.1) is 6.61 Å². The first kappa shape index (κ1) is 12.9. The summed E-state index contributed by atoms with van der Waals surface area (Å²) in [6.45, 7) is 2.14. The first-order valence-electron chi connectivity index (χ1n) is 6.30. The maximum absolute atomic E-state index is 9.78. The van der Waals surface area contributed by atoms with Crippen LogP contribution in [0.1, 0.15) is 11.9 Å². The molecule has 3 rings (SSSR count). The molecule has 1 aromatic carbocycles. The van der Waals surface area contributed by atoms with Crippen LogP contribution in [0.15, 0.2) is 22.7 Å². The van der Waals surface area contributed by atoms with Crippen molar-refractivity contribution in [3.8, 4) is 23.0 Å². The van der Waals surface area contributed by atoms with Crippen molar-refractivity contribution >= 4 is 0 Å². The minimum atomic E-state index is -0.265. The highest BCUT2D eigenvalue weighted by Crippen LogP contribution is 2.36. The van der Waals surface area contributed by atoms with Gasteiger partial charge in [0.2, 0.25) is 5.82 Å². The maximum atomic E-state index is 9.78. The van der Waals surface area contributed by atoms with Gasteiger partial charge in [-0.25, -0.2) is 0 Å². The number of morpholine rings is 1. The van der Waals surface area contributed by atoms with Crippen LogP contribution in [-0.2, 0) is 4.74 Å². The molecule has 7 nitrogen and oxygen atoms in total. The summed E-state index contributed by atoms with van der Waals surface area (Å²) in [7, 11) is 1.99. The second kappa shape index (κ2) is 5.10. The van der Waals surface area contributed by atoms with E-state index in [0.717, 1.165) is 6.54 Å². The fourth-order valence-electron chi connectivity index (χ4n) is 2.15. The zero-order chi connectivity index (χ0) is 14.1. The van der Waals surface area contributed by atoms with E-state index in [1.165, 1.54) is 18.2 Å². The lowest BCUT2D eigenvalue weighted by atomic mass is 10.2. The molecule has 1 fully saturated rings. The standard InChI is InChI=1S/C13H15N3O4/c1-16-5-6-19-10(7-16)12-14-13(20-15-12)11-8(17)3-2-4-9(11)18/h2-4,10,17-18H,5-7H2,1H3. The summed E-state index contributed by atoms with van der Waals surface area (Å²) in [4.78, 5) is 6.32. The third-order valence-electron chi connectivity index (χ3n) is 3.23. The van der Waals surface area contributed by atoms with Crippen molar-refractivity contribution in [2.45, 2.75) is 6.10 Å². The molecule has 106 valence electrons. The molecule has 0 amide bonds. The van der Waals surface area contributed by atoms with Crippen LogP contribution in [0.2, 0.25) is 0 Å². The number of hydrogen-bond donors (Lipinski definition) is 2. The van der Waals surface area contributed by atoms with E-state index < -0.39 is 0 Å². The predicted octanol–water partition coefficient (Wildman–Crippen LogP) is 1.15. The fourth-order valence-corrected chi connectivity index (χ4v) is 2.15. The van der Waals surface area contributed by atoms with Crippen LogP contribution in [0.3, 0.4) is 0 Å². The lowest BCUT2D eigenvalue weighted by Gasteiger charge is -2.27. The van der Waals surface area contributed by atoms with Crippen LogP contribution < -0.4 is 0 Å². The smallest absolute Gasteiger partial charge is 0.265 e. The van der Waals surface area contributed by atoms with Crippen molar-refractivity contribution < 1.29 is 19.5 Å². The highest BCUT2D eigenvalue weighted by Gasteiger charge is 2.26. The Morgan fingerprint density at radius 1 is 1.30 bits per heavy atom. The number of ether oxygens (including phenoxy) is 1. The Balaban J connectivity index is 1.90. The first-order valence-corrected chi connectivity index (χ1v) is 6.30. The number of phenolic OH excluding ortho intramolecular Hbond substituents is 2. The number of rotatable bonds is 2. The van der Waals surface area contributed by atoms with E-state index in [1.807, 2.05) is 7.05 Å². The molecule has 2 heterocycles. The molecule has 0 radical (unpaired) electrons. The summed E-state index contributed by atoms with van der Waals surface area (Å²) in [5.41, 5.74) is 0.135. The number of benzene rings is 1. The summed E-state index contributed by atoms with van der Waals surface area (Å²) in [5.74, 6) is 0.269.